The van der Waals surface area contributed by atoms with Crippen LogP contribution in [0, 0.1) is 10.1 Å². The van der Waals surface area contributed by atoms with Gasteiger partial charge in [-0.1, -0.05) is 0 Å². The number of thiazole rings is 1. The molecule has 11 heteroatoms. The number of amides is 3. The number of hydrogen-bond acceptors (Lipinski definition) is 8. The predicted octanol–water partition coefficient (Wildman–Crippen LogP) is 0.629. The van der Waals surface area contributed by atoms with Gasteiger partial charge in [-0.2, -0.15) is 0 Å². The molecule has 0 atom stereocenters. The Hall–Kier alpha value is -2.56. The number of hydrogen-bond donors (Lipinski definition) is 0. The Bertz CT molecular complexity index is 559. The average Bonchev–Trinajstić information content (AvgIpc) is 2.93. The smallest absolute Gasteiger partial charge is 0.416 e. The Kier molecular flexibility index (Phi) is 5.72. The highest BCUT2D eigenvalue weighted by molar-refractivity contribution is 7.18. The van der Waals surface area contributed by atoms with E-state index < -0.39 is 23.5 Å². The third-order valence-corrected chi connectivity index (χ3v) is 3.24. The summed E-state index contributed by atoms with van der Waals surface area (Å²) in [5, 5.41) is 10.3. The molecule has 3 amide bonds. The first kappa shape index (κ1) is 16.5. The lowest BCUT2D eigenvalue weighted by Gasteiger charge is -2.18. The molecule has 0 N–H and O–H groups in total. The second-order valence-electron chi connectivity index (χ2n) is 3.62. The lowest BCUT2D eigenvalue weighted by Crippen LogP contribution is -2.41. The van der Waals surface area contributed by atoms with Gasteiger partial charge in [-0.15, -0.1) is 0 Å². The van der Waals surface area contributed by atoms with Gasteiger partial charge in [-0.25, -0.2) is 14.7 Å². The quantitative estimate of drug-likeness (QED) is 0.428. The molecule has 0 unspecified atom stereocenters. The molecule has 0 aromatic carbocycles. The van der Waals surface area contributed by atoms with E-state index in [1.54, 1.807) is 6.92 Å². The van der Waals surface area contributed by atoms with Crippen LogP contribution in [0.2, 0.25) is 0 Å². The summed E-state index contributed by atoms with van der Waals surface area (Å²) in [6.07, 6.45) is 0.439. The van der Waals surface area contributed by atoms with Crippen molar-refractivity contribution >= 4 is 39.9 Å². The number of anilines is 1. The summed E-state index contributed by atoms with van der Waals surface area (Å²) in [4.78, 5) is 49.3. The second kappa shape index (κ2) is 7.28. The number of nitrogens with zero attached hydrogens (tertiary/aromatic N) is 4. The number of nitro groups is 1. The molecule has 1 aromatic rings. The molecule has 0 saturated carbocycles. The molecule has 0 aliphatic heterocycles. The van der Waals surface area contributed by atoms with E-state index in [9.17, 15) is 24.5 Å². The fourth-order valence-electron chi connectivity index (χ4n) is 1.20. The topological polar surface area (TPSA) is 123 Å². The average molecular weight is 316 g/mol. The van der Waals surface area contributed by atoms with E-state index >= 15 is 0 Å². The summed E-state index contributed by atoms with van der Waals surface area (Å²) in [5.41, 5.74) is 0. The largest absolute Gasteiger partial charge is 0.449 e. The van der Waals surface area contributed by atoms with E-state index in [-0.39, 0.29) is 16.7 Å². The van der Waals surface area contributed by atoms with Crippen molar-refractivity contribution in [2.45, 2.75) is 6.92 Å². The molecule has 0 saturated heterocycles. The predicted molar refractivity (Wildman–Crippen MR) is 72.0 cm³/mol. The van der Waals surface area contributed by atoms with E-state index in [4.69, 9.17) is 0 Å². The van der Waals surface area contributed by atoms with Crippen LogP contribution in [-0.4, -0.2) is 53.4 Å². The second-order valence-corrected chi connectivity index (χ2v) is 4.61. The van der Waals surface area contributed by atoms with Crippen LogP contribution in [0.3, 0.4) is 0 Å². The van der Waals surface area contributed by atoms with Gasteiger partial charge >= 0.3 is 11.1 Å². The van der Waals surface area contributed by atoms with Crippen LogP contribution in [0.15, 0.2) is 6.20 Å². The van der Waals surface area contributed by atoms with Crippen LogP contribution < -0.4 is 4.90 Å². The number of rotatable bonds is 6. The lowest BCUT2D eigenvalue weighted by atomic mass is 10.5. The summed E-state index contributed by atoms with van der Waals surface area (Å²) in [7, 11) is 1.20. The summed E-state index contributed by atoms with van der Waals surface area (Å²) in [6, 6.07) is 0. The van der Waals surface area contributed by atoms with Crippen LogP contribution in [0.4, 0.5) is 14.9 Å². The summed E-state index contributed by atoms with van der Waals surface area (Å²) < 4.78 is 4.64. The Morgan fingerprint density at radius 2 is 2.24 bits per heavy atom. The van der Waals surface area contributed by atoms with Crippen LogP contribution in [0.5, 0.6) is 0 Å². The highest BCUT2D eigenvalue weighted by Gasteiger charge is 2.23. The number of imide groups is 1. The fraction of sp³-hybridized carbons (Fsp3) is 0.400. The first-order valence-electron chi connectivity index (χ1n) is 5.66. The molecule has 0 aliphatic rings. The molecule has 1 aromatic heterocycles. The van der Waals surface area contributed by atoms with Crippen molar-refractivity contribution in [3.63, 3.8) is 0 Å². The van der Waals surface area contributed by atoms with Crippen LogP contribution in [-0.2, 0) is 14.3 Å². The van der Waals surface area contributed by atoms with Crippen LogP contribution >= 0.6 is 11.3 Å². The highest BCUT2D eigenvalue weighted by Crippen LogP contribution is 2.27. The molecule has 10 nitrogen and oxygen atoms in total. The maximum Gasteiger partial charge on any atom is 0.416 e. The Morgan fingerprint density at radius 3 is 2.71 bits per heavy atom. The SMILES string of the molecule is CCOC(=O)N(C)C(=O)CN(C=O)c1ncc([N+](=O)[O-])s1. The van der Waals surface area contributed by atoms with Crippen molar-refractivity contribution in [3.05, 3.63) is 16.3 Å². The zero-order valence-electron chi connectivity index (χ0n) is 11.2. The first-order chi connectivity index (χ1) is 9.90. The summed E-state index contributed by atoms with van der Waals surface area (Å²) in [6.45, 7) is 1.21. The third kappa shape index (κ3) is 4.21. The highest BCUT2D eigenvalue weighted by atomic mass is 32.1. The van der Waals surface area contributed by atoms with Crippen molar-refractivity contribution < 1.29 is 24.0 Å². The van der Waals surface area contributed by atoms with Gasteiger partial charge in [0.1, 0.15) is 12.7 Å². The molecular formula is C10H12N4O6S. The molecule has 0 spiro atoms. The van der Waals surface area contributed by atoms with Gasteiger partial charge in [0.25, 0.3) is 5.91 Å². The fourth-order valence-corrected chi connectivity index (χ4v) is 1.90. The van der Waals surface area contributed by atoms with Gasteiger partial charge in [0.2, 0.25) is 6.41 Å². The molecular weight excluding hydrogens is 304 g/mol. The normalized spacial score (nSPS) is 9.81. The summed E-state index contributed by atoms with van der Waals surface area (Å²) >= 11 is 0.644. The van der Waals surface area contributed by atoms with Gasteiger partial charge in [-0.05, 0) is 18.3 Å². The molecule has 0 aliphatic carbocycles. The molecule has 1 rings (SSSR count). The standard InChI is InChI=1S/C10H12N4O6S/c1-3-20-10(17)12(2)7(16)5-13(6-15)9-11-4-8(21-9)14(18)19/h4,6H,3,5H2,1-2H3. The van der Waals surface area contributed by atoms with Gasteiger partial charge < -0.3 is 4.74 Å². The zero-order chi connectivity index (χ0) is 16.0. The third-order valence-electron chi connectivity index (χ3n) is 2.26. The minimum absolute atomic E-state index is 0.0118. The molecule has 1 heterocycles. The minimum Gasteiger partial charge on any atom is -0.449 e. The van der Waals surface area contributed by atoms with Gasteiger partial charge in [-0.3, -0.25) is 24.6 Å². The number of likely N-dealkylation sites (N-methyl/N-ethyl adjacent to an activating group) is 1. The minimum atomic E-state index is -0.849. The van der Waals surface area contributed by atoms with Crippen molar-refractivity contribution in [1.82, 2.24) is 9.88 Å². The maximum absolute atomic E-state index is 11.8. The molecule has 0 radical (unpaired) electrons. The van der Waals surface area contributed by atoms with Crippen molar-refractivity contribution in [3.8, 4) is 0 Å². The van der Waals surface area contributed by atoms with Gasteiger partial charge in [0.15, 0.2) is 5.13 Å². The van der Waals surface area contributed by atoms with Crippen molar-refractivity contribution in [2.75, 3.05) is 25.1 Å². The zero-order valence-corrected chi connectivity index (χ0v) is 12.0. The molecule has 114 valence electrons. The molecule has 21 heavy (non-hydrogen) atoms. The van der Waals surface area contributed by atoms with E-state index in [1.807, 2.05) is 0 Å². The number of carbonyl (C=O) groups excluding carboxylic acids is 3. The molecule has 0 bridgehead atoms. The Balaban J connectivity index is 2.77. The monoisotopic (exact) mass is 316 g/mol. The maximum atomic E-state index is 11.8. The van der Waals surface area contributed by atoms with Gasteiger partial charge in [0, 0.05) is 7.05 Å². The van der Waals surface area contributed by atoms with E-state index in [0.29, 0.717) is 22.6 Å². The number of aromatic nitrogens is 1. The van der Waals surface area contributed by atoms with Gasteiger partial charge in [0.05, 0.1) is 11.5 Å². The van der Waals surface area contributed by atoms with E-state index in [1.165, 1.54) is 7.05 Å². The van der Waals surface area contributed by atoms with Crippen molar-refractivity contribution in [2.24, 2.45) is 0 Å². The van der Waals surface area contributed by atoms with Crippen LogP contribution in [0.1, 0.15) is 6.92 Å². The molecule has 0 fully saturated rings. The van der Waals surface area contributed by atoms with Crippen molar-refractivity contribution in [1.29, 1.82) is 0 Å². The lowest BCUT2D eigenvalue weighted by molar-refractivity contribution is -0.380. The van der Waals surface area contributed by atoms with E-state index in [0.717, 1.165) is 11.1 Å². The first-order valence-corrected chi connectivity index (χ1v) is 6.47. The Labute approximate surface area is 123 Å². The van der Waals surface area contributed by atoms with E-state index in [2.05, 4.69) is 9.72 Å². The number of ether oxygens (including phenoxy) is 1. The Morgan fingerprint density at radius 1 is 1.57 bits per heavy atom. The number of carbonyl (C=O) groups is 3. The summed E-state index contributed by atoms with van der Waals surface area (Å²) in [5.74, 6) is -0.710. The van der Waals surface area contributed by atoms with Crippen LogP contribution in [0.25, 0.3) is 0 Å².